The first-order valence-electron chi connectivity index (χ1n) is 10.1. The highest BCUT2D eigenvalue weighted by atomic mass is 35.5. The molecule has 1 heterocycles. The second-order valence-electron chi connectivity index (χ2n) is 6.85. The van der Waals surface area contributed by atoms with Crippen LogP contribution >= 0.6 is 35.0 Å². The van der Waals surface area contributed by atoms with Gasteiger partial charge in [0, 0.05) is 18.4 Å². The van der Waals surface area contributed by atoms with Crippen LogP contribution in [0.2, 0.25) is 10.0 Å². The van der Waals surface area contributed by atoms with E-state index in [2.05, 4.69) is 15.5 Å². The molecule has 0 atom stereocenters. The Morgan fingerprint density at radius 3 is 2.58 bits per heavy atom. The van der Waals surface area contributed by atoms with Crippen molar-refractivity contribution in [3.8, 4) is 11.5 Å². The Morgan fingerprint density at radius 2 is 1.88 bits per heavy atom. The van der Waals surface area contributed by atoms with Crippen LogP contribution < -0.4 is 14.8 Å². The van der Waals surface area contributed by atoms with E-state index in [1.165, 1.54) is 6.08 Å². The zero-order chi connectivity index (χ0) is 23.8. The first-order chi connectivity index (χ1) is 15.9. The molecular weight excluding hydrogens is 483 g/mol. The maximum Gasteiger partial charge on any atom is 0.244 e. The molecule has 174 valence electrons. The van der Waals surface area contributed by atoms with Crippen molar-refractivity contribution in [2.24, 2.45) is 0 Å². The highest BCUT2D eigenvalue weighted by molar-refractivity contribution is 7.98. The van der Waals surface area contributed by atoms with Gasteiger partial charge in [0.1, 0.15) is 0 Å². The highest BCUT2D eigenvalue weighted by Crippen LogP contribution is 2.28. The number of benzene rings is 2. The zero-order valence-electron chi connectivity index (χ0n) is 18.5. The van der Waals surface area contributed by atoms with Gasteiger partial charge in [-0.2, -0.15) is 0 Å². The molecule has 0 fully saturated rings. The Bertz CT molecular complexity index is 1150. The van der Waals surface area contributed by atoms with Gasteiger partial charge in [0.25, 0.3) is 0 Å². The number of carbonyl (C=O) groups excluding carboxylic acids is 1. The second kappa shape index (κ2) is 12.0. The standard InChI is InChI=1S/C23H24Cl2N4O3S/c1-4-29-21(27-28-23(29)33-14-16-5-8-17(24)18(25)11-16)13-26-22(30)10-7-15-6-9-19(31-2)20(12-15)32-3/h5-12H,4,13-14H2,1-3H3,(H,26,30). The number of thioether (sulfide) groups is 1. The smallest absolute Gasteiger partial charge is 0.244 e. The van der Waals surface area contributed by atoms with E-state index < -0.39 is 0 Å². The molecule has 0 unspecified atom stereocenters. The number of nitrogens with one attached hydrogen (secondary N) is 1. The Kier molecular flexibility index (Phi) is 9.05. The molecule has 0 aliphatic heterocycles. The molecule has 3 rings (SSSR count). The number of rotatable bonds is 10. The van der Waals surface area contributed by atoms with Crippen LogP contribution in [0.15, 0.2) is 47.6 Å². The van der Waals surface area contributed by atoms with Gasteiger partial charge in [-0.25, -0.2) is 0 Å². The van der Waals surface area contributed by atoms with Crippen molar-refractivity contribution >= 4 is 46.9 Å². The monoisotopic (exact) mass is 506 g/mol. The molecule has 0 spiro atoms. The van der Waals surface area contributed by atoms with Crippen LogP contribution in [-0.2, 0) is 23.6 Å². The Morgan fingerprint density at radius 1 is 1.09 bits per heavy atom. The minimum Gasteiger partial charge on any atom is -0.493 e. The zero-order valence-corrected chi connectivity index (χ0v) is 20.8. The lowest BCUT2D eigenvalue weighted by atomic mass is 10.2. The van der Waals surface area contributed by atoms with Gasteiger partial charge in [-0.05, 0) is 48.4 Å². The number of aromatic nitrogens is 3. The summed E-state index contributed by atoms with van der Waals surface area (Å²) >= 11 is 13.6. The predicted octanol–water partition coefficient (Wildman–Crippen LogP) is 5.24. The Balaban J connectivity index is 1.58. The quantitative estimate of drug-likeness (QED) is 0.299. The van der Waals surface area contributed by atoms with E-state index in [9.17, 15) is 4.79 Å². The average Bonchev–Trinajstić information content (AvgIpc) is 3.23. The molecule has 0 saturated carbocycles. The van der Waals surface area contributed by atoms with E-state index >= 15 is 0 Å². The van der Waals surface area contributed by atoms with Crippen molar-refractivity contribution in [2.45, 2.75) is 30.9 Å². The molecule has 0 saturated heterocycles. The topological polar surface area (TPSA) is 78.3 Å². The lowest BCUT2D eigenvalue weighted by Crippen LogP contribution is -2.22. The lowest BCUT2D eigenvalue weighted by Gasteiger charge is -2.08. The second-order valence-corrected chi connectivity index (χ2v) is 8.60. The fourth-order valence-corrected chi connectivity index (χ4v) is 4.29. The summed E-state index contributed by atoms with van der Waals surface area (Å²) in [7, 11) is 3.14. The van der Waals surface area contributed by atoms with Crippen molar-refractivity contribution in [1.29, 1.82) is 0 Å². The molecule has 0 bridgehead atoms. The minimum absolute atomic E-state index is 0.236. The summed E-state index contributed by atoms with van der Waals surface area (Å²) in [5.41, 5.74) is 1.86. The molecule has 10 heteroatoms. The van der Waals surface area contributed by atoms with Gasteiger partial charge in [-0.3, -0.25) is 4.79 Å². The first kappa shape index (κ1) is 25.0. The van der Waals surface area contributed by atoms with Crippen LogP contribution in [0.4, 0.5) is 0 Å². The SMILES string of the molecule is CCn1c(CNC(=O)C=Cc2ccc(OC)c(OC)c2)nnc1SCc1ccc(Cl)c(Cl)c1. The van der Waals surface area contributed by atoms with Gasteiger partial charge in [-0.15, -0.1) is 10.2 Å². The number of hydrogen-bond acceptors (Lipinski definition) is 6. The fraction of sp³-hybridized carbons (Fsp3) is 0.261. The first-order valence-corrected chi connectivity index (χ1v) is 11.9. The maximum absolute atomic E-state index is 12.3. The lowest BCUT2D eigenvalue weighted by molar-refractivity contribution is -0.116. The van der Waals surface area contributed by atoms with Gasteiger partial charge in [0.15, 0.2) is 22.5 Å². The van der Waals surface area contributed by atoms with Crippen molar-refractivity contribution in [1.82, 2.24) is 20.1 Å². The third-order valence-corrected chi connectivity index (χ3v) is 6.49. The largest absolute Gasteiger partial charge is 0.493 e. The van der Waals surface area contributed by atoms with E-state index in [-0.39, 0.29) is 12.5 Å². The summed E-state index contributed by atoms with van der Waals surface area (Å²) in [4.78, 5) is 12.3. The third-order valence-electron chi connectivity index (χ3n) is 4.72. The average molecular weight is 507 g/mol. The summed E-state index contributed by atoms with van der Waals surface area (Å²) in [6.45, 7) is 2.96. The summed E-state index contributed by atoms with van der Waals surface area (Å²) in [6.07, 6.45) is 3.17. The number of halogens is 2. The van der Waals surface area contributed by atoms with Crippen LogP contribution in [0.1, 0.15) is 23.9 Å². The maximum atomic E-state index is 12.3. The third kappa shape index (κ3) is 6.66. The summed E-state index contributed by atoms with van der Waals surface area (Å²) < 4.78 is 12.5. The van der Waals surface area contributed by atoms with Crippen molar-refractivity contribution < 1.29 is 14.3 Å². The van der Waals surface area contributed by atoms with Gasteiger partial charge >= 0.3 is 0 Å². The highest BCUT2D eigenvalue weighted by Gasteiger charge is 2.12. The van der Waals surface area contributed by atoms with E-state index in [1.807, 2.05) is 29.7 Å². The number of ether oxygens (including phenoxy) is 2. The van der Waals surface area contributed by atoms with Crippen molar-refractivity contribution in [2.75, 3.05) is 14.2 Å². The number of hydrogen-bond donors (Lipinski definition) is 1. The Hall–Kier alpha value is -2.68. The number of carbonyl (C=O) groups is 1. The van der Waals surface area contributed by atoms with Gasteiger partial charge in [0.05, 0.1) is 30.8 Å². The van der Waals surface area contributed by atoms with Crippen molar-refractivity contribution in [3.05, 3.63) is 69.5 Å². The molecule has 7 nitrogen and oxygen atoms in total. The molecule has 33 heavy (non-hydrogen) atoms. The van der Waals surface area contributed by atoms with Crippen LogP contribution in [0.25, 0.3) is 6.08 Å². The van der Waals surface area contributed by atoms with Crippen LogP contribution in [0, 0.1) is 0 Å². The van der Waals surface area contributed by atoms with E-state index in [4.69, 9.17) is 32.7 Å². The number of amides is 1. The minimum atomic E-state index is -0.236. The molecule has 2 aromatic carbocycles. The number of nitrogens with zero attached hydrogens (tertiary/aromatic N) is 3. The number of methoxy groups -OCH3 is 2. The van der Waals surface area contributed by atoms with Gasteiger partial charge in [0.2, 0.25) is 5.91 Å². The van der Waals surface area contributed by atoms with Crippen LogP contribution in [-0.4, -0.2) is 34.9 Å². The van der Waals surface area contributed by atoms with E-state index in [0.29, 0.717) is 39.7 Å². The molecule has 1 aromatic heterocycles. The normalized spacial score (nSPS) is 11.1. The summed E-state index contributed by atoms with van der Waals surface area (Å²) in [5, 5.41) is 13.2. The summed E-state index contributed by atoms with van der Waals surface area (Å²) in [5.74, 6) is 2.35. The fourth-order valence-electron chi connectivity index (χ4n) is 3.00. The van der Waals surface area contributed by atoms with E-state index in [0.717, 1.165) is 16.3 Å². The molecule has 1 amide bonds. The molecule has 0 aliphatic carbocycles. The molecule has 0 aliphatic rings. The van der Waals surface area contributed by atoms with Crippen LogP contribution in [0.5, 0.6) is 11.5 Å². The van der Waals surface area contributed by atoms with E-state index in [1.54, 1.807) is 50.3 Å². The van der Waals surface area contributed by atoms with Gasteiger partial charge < -0.3 is 19.4 Å². The molecule has 1 N–H and O–H groups in total. The van der Waals surface area contributed by atoms with Gasteiger partial charge in [-0.1, -0.05) is 47.1 Å². The molecule has 3 aromatic rings. The molecular formula is C23H24Cl2N4O3S. The van der Waals surface area contributed by atoms with Crippen molar-refractivity contribution in [3.63, 3.8) is 0 Å². The van der Waals surface area contributed by atoms with Crippen LogP contribution in [0.3, 0.4) is 0 Å². The predicted molar refractivity (Wildman–Crippen MR) is 132 cm³/mol. The Labute approximate surface area is 207 Å². The molecule has 0 radical (unpaired) electrons. The summed E-state index contributed by atoms with van der Waals surface area (Å²) in [6, 6.07) is 11.0.